The molecule has 0 saturated heterocycles. The van der Waals surface area contributed by atoms with Gasteiger partial charge in [0.2, 0.25) is 0 Å². The van der Waals surface area contributed by atoms with Crippen LogP contribution in [0.25, 0.3) is 0 Å². The molecule has 116 valence electrons. The van der Waals surface area contributed by atoms with Crippen molar-refractivity contribution in [2.24, 2.45) is 0 Å². The summed E-state index contributed by atoms with van der Waals surface area (Å²) in [5.74, 6) is -3.51. The lowest BCUT2D eigenvalue weighted by Gasteiger charge is -2.18. The first-order valence-corrected chi connectivity index (χ1v) is 6.00. The molecule has 8 heteroatoms. The number of carbonyl (C=O) groups is 2. The highest BCUT2D eigenvalue weighted by atomic mass is 19.4. The minimum atomic E-state index is -5.06. The van der Waals surface area contributed by atoms with E-state index in [2.05, 4.69) is 0 Å². The van der Waals surface area contributed by atoms with Crippen molar-refractivity contribution in [3.8, 4) is 0 Å². The number of hydrogen-bond acceptors (Lipinski definition) is 3. The van der Waals surface area contributed by atoms with Gasteiger partial charge in [-0.1, -0.05) is 30.3 Å². The Hall–Kier alpha value is -2.09. The SMILES string of the molecule is O=C(O)C[C@H](COCc1ccccc1)NC(=O)C(F)(F)F. The van der Waals surface area contributed by atoms with Crippen LogP contribution >= 0.6 is 0 Å². The van der Waals surface area contributed by atoms with E-state index in [0.29, 0.717) is 0 Å². The average molecular weight is 305 g/mol. The number of ether oxygens (including phenoxy) is 1. The molecule has 0 aliphatic heterocycles. The highest BCUT2D eigenvalue weighted by molar-refractivity contribution is 5.82. The molecule has 0 unspecified atom stereocenters. The molecule has 21 heavy (non-hydrogen) atoms. The molecule has 0 aromatic heterocycles. The highest BCUT2D eigenvalue weighted by Crippen LogP contribution is 2.15. The Morgan fingerprint density at radius 1 is 1.24 bits per heavy atom. The Kier molecular flexibility index (Phi) is 6.16. The summed E-state index contributed by atoms with van der Waals surface area (Å²) in [5.41, 5.74) is 0.786. The maximum atomic E-state index is 12.1. The second-order valence-corrected chi connectivity index (χ2v) is 4.27. The lowest BCUT2D eigenvalue weighted by molar-refractivity contribution is -0.175. The number of hydrogen-bond donors (Lipinski definition) is 2. The minimum Gasteiger partial charge on any atom is -0.481 e. The molecular weight excluding hydrogens is 291 g/mol. The number of alkyl halides is 3. The predicted octanol–water partition coefficient (Wildman–Crippen LogP) is 1.72. The second kappa shape index (κ2) is 7.63. The summed E-state index contributed by atoms with van der Waals surface area (Å²) in [6.45, 7) is -0.220. The van der Waals surface area contributed by atoms with Crippen LogP contribution < -0.4 is 5.32 Å². The third kappa shape index (κ3) is 6.75. The van der Waals surface area contributed by atoms with Gasteiger partial charge in [0, 0.05) is 0 Å². The number of halogens is 3. The summed E-state index contributed by atoms with van der Waals surface area (Å²) < 4.78 is 41.6. The quantitative estimate of drug-likeness (QED) is 0.804. The topological polar surface area (TPSA) is 75.6 Å². The molecule has 0 fully saturated rings. The van der Waals surface area contributed by atoms with Crippen molar-refractivity contribution in [3.05, 3.63) is 35.9 Å². The molecule has 0 saturated carbocycles. The van der Waals surface area contributed by atoms with Crippen molar-refractivity contribution in [1.82, 2.24) is 5.32 Å². The Morgan fingerprint density at radius 3 is 2.38 bits per heavy atom. The van der Waals surface area contributed by atoms with E-state index in [9.17, 15) is 22.8 Å². The first-order chi connectivity index (χ1) is 9.79. The van der Waals surface area contributed by atoms with Gasteiger partial charge in [-0.05, 0) is 5.56 Å². The van der Waals surface area contributed by atoms with E-state index < -0.39 is 30.5 Å². The number of carbonyl (C=O) groups excluding carboxylic acids is 1. The van der Waals surface area contributed by atoms with Crippen molar-refractivity contribution < 1.29 is 32.6 Å². The number of amides is 1. The van der Waals surface area contributed by atoms with Gasteiger partial charge in [0.05, 0.1) is 25.7 Å². The van der Waals surface area contributed by atoms with Crippen molar-refractivity contribution in [2.45, 2.75) is 25.2 Å². The summed E-state index contributed by atoms with van der Waals surface area (Å²) in [6.07, 6.45) is -5.72. The number of carboxylic acid groups (broad SMARTS) is 1. The molecule has 2 N–H and O–H groups in total. The normalized spacial score (nSPS) is 12.7. The van der Waals surface area contributed by atoms with E-state index in [1.165, 1.54) is 0 Å². The molecule has 5 nitrogen and oxygen atoms in total. The summed E-state index contributed by atoms with van der Waals surface area (Å²) in [4.78, 5) is 21.4. The lowest BCUT2D eigenvalue weighted by atomic mass is 10.2. The van der Waals surface area contributed by atoms with Crippen LogP contribution in [-0.4, -0.2) is 35.8 Å². The summed E-state index contributed by atoms with van der Waals surface area (Å²) in [6, 6.07) is 7.57. The summed E-state index contributed by atoms with van der Waals surface area (Å²) in [7, 11) is 0. The third-order valence-corrected chi connectivity index (χ3v) is 2.44. The monoisotopic (exact) mass is 305 g/mol. The number of rotatable bonds is 7. The van der Waals surface area contributed by atoms with Crippen molar-refractivity contribution in [3.63, 3.8) is 0 Å². The first-order valence-electron chi connectivity index (χ1n) is 6.00. The van der Waals surface area contributed by atoms with Gasteiger partial charge in [-0.15, -0.1) is 0 Å². The van der Waals surface area contributed by atoms with Gasteiger partial charge in [-0.2, -0.15) is 13.2 Å². The van der Waals surface area contributed by atoms with Crippen LogP contribution in [0.4, 0.5) is 13.2 Å². The number of benzene rings is 1. The van der Waals surface area contributed by atoms with Crippen molar-refractivity contribution in [1.29, 1.82) is 0 Å². The maximum absolute atomic E-state index is 12.1. The minimum absolute atomic E-state index is 0.110. The van der Waals surface area contributed by atoms with Gasteiger partial charge in [0.25, 0.3) is 0 Å². The van der Waals surface area contributed by atoms with E-state index >= 15 is 0 Å². The van der Waals surface area contributed by atoms with Crippen LogP contribution in [0, 0.1) is 0 Å². The molecular formula is C13H14F3NO4. The van der Waals surface area contributed by atoms with Gasteiger partial charge in [0.15, 0.2) is 0 Å². The molecule has 1 amide bonds. The largest absolute Gasteiger partial charge is 0.481 e. The van der Waals surface area contributed by atoms with E-state index in [1.807, 2.05) is 0 Å². The lowest BCUT2D eigenvalue weighted by Crippen LogP contribution is -2.46. The van der Waals surface area contributed by atoms with Gasteiger partial charge < -0.3 is 15.2 Å². The van der Waals surface area contributed by atoms with Gasteiger partial charge in [-0.3, -0.25) is 9.59 Å². The maximum Gasteiger partial charge on any atom is 0.471 e. The molecule has 0 aliphatic carbocycles. The van der Waals surface area contributed by atoms with Crippen LogP contribution in [-0.2, 0) is 20.9 Å². The van der Waals surface area contributed by atoms with Crippen LogP contribution in [0.2, 0.25) is 0 Å². The molecule has 0 aliphatic rings. The van der Waals surface area contributed by atoms with E-state index in [1.54, 1.807) is 35.6 Å². The number of nitrogens with one attached hydrogen (secondary N) is 1. The predicted molar refractivity (Wildman–Crippen MR) is 66.3 cm³/mol. The molecule has 0 heterocycles. The number of aliphatic carboxylic acids is 1. The zero-order chi connectivity index (χ0) is 15.9. The second-order valence-electron chi connectivity index (χ2n) is 4.27. The molecule has 1 aromatic carbocycles. The third-order valence-electron chi connectivity index (χ3n) is 2.44. The summed E-state index contributed by atoms with van der Waals surface area (Å²) >= 11 is 0. The van der Waals surface area contributed by atoms with Crippen LogP contribution in [0.1, 0.15) is 12.0 Å². The zero-order valence-electron chi connectivity index (χ0n) is 10.9. The molecule has 0 radical (unpaired) electrons. The Labute approximate surface area is 118 Å². The molecule has 1 atom stereocenters. The van der Waals surface area contributed by atoms with Gasteiger partial charge in [0.1, 0.15) is 0 Å². The van der Waals surface area contributed by atoms with Crippen LogP contribution in [0.5, 0.6) is 0 Å². The fourth-order valence-corrected chi connectivity index (χ4v) is 1.52. The number of carboxylic acids is 1. The van der Waals surface area contributed by atoms with Gasteiger partial charge >= 0.3 is 18.1 Å². The van der Waals surface area contributed by atoms with E-state index in [4.69, 9.17) is 9.84 Å². The molecule has 1 aromatic rings. The van der Waals surface area contributed by atoms with E-state index in [-0.39, 0.29) is 13.2 Å². The average Bonchev–Trinajstić information content (AvgIpc) is 2.38. The van der Waals surface area contributed by atoms with Gasteiger partial charge in [-0.25, -0.2) is 0 Å². The first kappa shape index (κ1) is 17.0. The van der Waals surface area contributed by atoms with Crippen LogP contribution in [0.3, 0.4) is 0 Å². The molecule has 1 rings (SSSR count). The molecule has 0 bridgehead atoms. The Morgan fingerprint density at radius 2 is 1.86 bits per heavy atom. The highest BCUT2D eigenvalue weighted by Gasteiger charge is 2.39. The Bertz CT molecular complexity index is 476. The standard InChI is InChI=1S/C13H14F3NO4/c14-13(15,16)12(20)17-10(6-11(18)19)8-21-7-9-4-2-1-3-5-9/h1-5,10H,6-8H2,(H,17,20)(H,18,19)/t10-/m1/s1. The summed E-state index contributed by atoms with van der Waals surface area (Å²) in [5, 5.41) is 10.2. The molecule has 0 spiro atoms. The zero-order valence-corrected chi connectivity index (χ0v) is 10.9. The van der Waals surface area contributed by atoms with Crippen molar-refractivity contribution >= 4 is 11.9 Å². The Balaban J connectivity index is 2.50. The fourth-order valence-electron chi connectivity index (χ4n) is 1.52. The van der Waals surface area contributed by atoms with Crippen molar-refractivity contribution in [2.75, 3.05) is 6.61 Å². The van der Waals surface area contributed by atoms with Crippen LogP contribution in [0.15, 0.2) is 30.3 Å². The van der Waals surface area contributed by atoms with E-state index in [0.717, 1.165) is 5.56 Å². The smallest absolute Gasteiger partial charge is 0.471 e. The fraction of sp³-hybridized carbons (Fsp3) is 0.385.